The first-order valence-corrected chi connectivity index (χ1v) is 13.1. The number of carbonyl (C=O) groups is 3. The topological polar surface area (TPSA) is 63.7 Å². The zero-order chi connectivity index (χ0) is 27.6. The van der Waals surface area contributed by atoms with Gasteiger partial charge in [-0.05, 0) is 35.9 Å². The van der Waals surface area contributed by atoms with Gasteiger partial charge in [0, 0.05) is 33.9 Å². The van der Waals surface area contributed by atoms with E-state index in [0.29, 0.717) is 39.3 Å². The number of anilines is 1. The summed E-state index contributed by atoms with van der Waals surface area (Å²) in [6, 6.07) is 25.7. The fourth-order valence-corrected chi connectivity index (χ4v) is 6.93. The molecule has 2 heterocycles. The molecule has 4 aromatic carbocycles. The van der Waals surface area contributed by atoms with Gasteiger partial charge in [-0.25, -0.2) is 4.39 Å². The highest BCUT2D eigenvalue weighted by molar-refractivity contribution is 6.32. The first-order valence-electron chi connectivity index (χ1n) is 13.1. The van der Waals surface area contributed by atoms with Crippen molar-refractivity contribution in [1.29, 1.82) is 0 Å². The van der Waals surface area contributed by atoms with Crippen LogP contribution in [-0.2, 0) is 0 Å². The second-order valence-corrected chi connectivity index (χ2v) is 10.4. The van der Waals surface area contributed by atoms with Crippen molar-refractivity contribution in [3.63, 3.8) is 0 Å². The van der Waals surface area contributed by atoms with Gasteiger partial charge in [-0.1, -0.05) is 78.9 Å². The molecule has 0 amide bonds. The summed E-state index contributed by atoms with van der Waals surface area (Å²) in [5, 5.41) is 0. The highest BCUT2D eigenvalue weighted by Gasteiger charge is 2.71. The summed E-state index contributed by atoms with van der Waals surface area (Å²) in [5.41, 5.74) is 1.38. The molecule has 4 aromatic rings. The molecule has 0 N–H and O–H groups in total. The number of fused-ring (bicyclic) bond motifs is 5. The molecule has 1 aliphatic carbocycles. The first kappa shape index (κ1) is 24.2. The molecule has 1 spiro atoms. The number of halogens is 1. The largest absolute Gasteiger partial charge is 0.497 e. The molecular formula is C34H24FNO4. The van der Waals surface area contributed by atoms with Crippen LogP contribution in [0.15, 0.2) is 103 Å². The van der Waals surface area contributed by atoms with Crippen LogP contribution in [-0.4, -0.2) is 36.5 Å². The molecule has 3 aliphatic rings. The molecule has 0 saturated carbocycles. The molecule has 0 radical (unpaired) electrons. The average molecular weight is 530 g/mol. The van der Waals surface area contributed by atoms with Gasteiger partial charge >= 0.3 is 0 Å². The molecule has 0 bridgehead atoms. The van der Waals surface area contributed by atoms with Crippen LogP contribution in [0, 0.1) is 11.2 Å². The number of hydrogen-bond acceptors (Lipinski definition) is 5. The molecule has 6 heteroatoms. The second-order valence-electron chi connectivity index (χ2n) is 10.4. The van der Waals surface area contributed by atoms with Gasteiger partial charge in [-0.3, -0.25) is 14.4 Å². The Bertz CT molecular complexity index is 1710. The smallest absolute Gasteiger partial charge is 0.185 e. The Balaban J connectivity index is 1.56. The van der Waals surface area contributed by atoms with Gasteiger partial charge in [0.2, 0.25) is 0 Å². The molecule has 196 valence electrons. The predicted molar refractivity (Wildman–Crippen MR) is 150 cm³/mol. The zero-order valence-corrected chi connectivity index (χ0v) is 21.6. The lowest BCUT2D eigenvalue weighted by molar-refractivity contribution is 0.0665. The lowest BCUT2D eigenvalue weighted by atomic mass is 9.64. The van der Waals surface area contributed by atoms with Crippen molar-refractivity contribution in [3.05, 3.63) is 137 Å². The Hall–Kier alpha value is -4.84. The predicted octanol–water partition coefficient (Wildman–Crippen LogP) is 6.15. The van der Waals surface area contributed by atoms with E-state index in [1.165, 1.54) is 12.1 Å². The van der Waals surface area contributed by atoms with E-state index < -0.39 is 29.2 Å². The molecule has 0 unspecified atom stereocenters. The van der Waals surface area contributed by atoms with Crippen molar-refractivity contribution >= 4 is 29.1 Å². The molecule has 7 rings (SSSR count). The number of rotatable bonds is 4. The van der Waals surface area contributed by atoms with E-state index in [4.69, 9.17) is 4.74 Å². The number of carbonyl (C=O) groups excluding carboxylic acids is 3. The molecule has 40 heavy (non-hydrogen) atoms. The summed E-state index contributed by atoms with van der Waals surface area (Å²) in [5.74, 6) is -1.56. The molecule has 1 saturated heterocycles. The Morgan fingerprint density at radius 1 is 0.850 bits per heavy atom. The van der Waals surface area contributed by atoms with E-state index in [9.17, 15) is 18.8 Å². The van der Waals surface area contributed by atoms with Crippen LogP contribution in [0.2, 0.25) is 0 Å². The normalized spacial score (nSPS) is 21.8. The summed E-state index contributed by atoms with van der Waals surface area (Å²) in [4.78, 5) is 45.6. The van der Waals surface area contributed by atoms with Crippen LogP contribution in [0.3, 0.4) is 0 Å². The molecule has 3 atom stereocenters. The minimum absolute atomic E-state index is 0.225. The van der Waals surface area contributed by atoms with Crippen LogP contribution in [0.1, 0.15) is 48.1 Å². The lowest BCUT2D eigenvalue weighted by Crippen LogP contribution is -2.48. The van der Waals surface area contributed by atoms with Gasteiger partial charge in [-0.15, -0.1) is 0 Å². The molecule has 1 fully saturated rings. The minimum atomic E-state index is -1.62. The Morgan fingerprint density at radius 3 is 2.25 bits per heavy atom. The van der Waals surface area contributed by atoms with E-state index in [1.54, 1.807) is 92.1 Å². The summed E-state index contributed by atoms with van der Waals surface area (Å²) >= 11 is 0. The number of ketones is 3. The van der Waals surface area contributed by atoms with Crippen LogP contribution in [0.5, 0.6) is 5.75 Å². The van der Waals surface area contributed by atoms with Gasteiger partial charge in [0.1, 0.15) is 23.0 Å². The van der Waals surface area contributed by atoms with Crippen molar-refractivity contribution in [1.82, 2.24) is 0 Å². The molecule has 5 nitrogen and oxygen atoms in total. The highest BCUT2D eigenvalue weighted by atomic mass is 19.1. The fraction of sp³-hybridized carbons (Fsp3) is 0.147. The third kappa shape index (κ3) is 3.16. The SMILES string of the molecule is COc1cccc([C@H]2[C@H](C(=O)c3ccccc3)N3c4ccc(F)cc4C=C[C@@H]3C23C(=O)c2ccccc2C3=O)c1. The average Bonchev–Trinajstić information content (AvgIpc) is 3.43. The summed E-state index contributed by atoms with van der Waals surface area (Å²) < 4.78 is 19.9. The quantitative estimate of drug-likeness (QED) is 0.234. The van der Waals surface area contributed by atoms with Crippen molar-refractivity contribution in [2.45, 2.75) is 18.0 Å². The van der Waals surface area contributed by atoms with Crippen LogP contribution >= 0.6 is 0 Å². The monoisotopic (exact) mass is 529 g/mol. The first-order chi connectivity index (χ1) is 19.5. The van der Waals surface area contributed by atoms with Gasteiger partial charge in [-0.2, -0.15) is 0 Å². The molecule has 2 aliphatic heterocycles. The van der Waals surface area contributed by atoms with Gasteiger partial charge in [0.25, 0.3) is 0 Å². The van der Waals surface area contributed by atoms with Crippen LogP contribution < -0.4 is 9.64 Å². The molecule has 0 aromatic heterocycles. The summed E-state index contributed by atoms with van der Waals surface area (Å²) in [7, 11) is 1.55. The third-order valence-electron chi connectivity index (χ3n) is 8.55. The van der Waals surface area contributed by atoms with E-state index >= 15 is 0 Å². The van der Waals surface area contributed by atoms with Crippen molar-refractivity contribution in [2.75, 3.05) is 12.0 Å². The van der Waals surface area contributed by atoms with Crippen molar-refractivity contribution in [2.24, 2.45) is 5.41 Å². The maximum Gasteiger partial charge on any atom is 0.185 e. The number of Topliss-reactive ketones (excluding diaryl/α,β-unsaturated/α-hetero) is 3. The Kier molecular flexibility index (Phi) is 5.36. The summed E-state index contributed by atoms with van der Waals surface area (Å²) in [6.07, 6.45) is 3.54. The third-order valence-corrected chi connectivity index (χ3v) is 8.55. The van der Waals surface area contributed by atoms with Gasteiger partial charge in [0.15, 0.2) is 17.3 Å². The Morgan fingerprint density at radius 2 is 1.55 bits per heavy atom. The van der Waals surface area contributed by atoms with Crippen LogP contribution in [0.4, 0.5) is 10.1 Å². The van der Waals surface area contributed by atoms with E-state index in [2.05, 4.69) is 0 Å². The van der Waals surface area contributed by atoms with Gasteiger partial charge < -0.3 is 9.64 Å². The maximum atomic E-state index is 14.6. The van der Waals surface area contributed by atoms with E-state index in [0.717, 1.165) is 0 Å². The zero-order valence-electron chi connectivity index (χ0n) is 21.6. The number of benzene rings is 4. The van der Waals surface area contributed by atoms with Crippen molar-refractivity contribution in [3.8, 4) is 5.75 Å². The number of ether oxygens (including phenoxy) is 1. The van der Waals surface area contributed by atoms with Crippen LogP contribution in [0.25, 0.3) is 6.08 Å². The molecular weight excluding hydrogens is 505 g/mol. The summed E-state index contributed by atoms with van der Waals surface area (Å²) in [6.45, 7) is 0. The minimum Gasteiger partial charge on any atom is -0.497 e. The maximum absolute atomic E-state index is 14.6. The fourth-order valence-electron chi connectivity index (χ4n) is 6.93. The number of methoxy groups -OCH3 is 1. The highest BCUT2D eigenvalue weighted by Crippen LogP contribution is 2.61. The van der Waals surface area contributed by atoms with Crippen molar-refractivity contribution < 1.29 is 23.5 Å². The second kappa shape index (κ2) is 8.85. The number of hydrogen-bond donors (Lipinski definition) is 0. The van der Waals surface area contributed by atoms with Gasteiger partial charge in [0.05, 0.1) is 13.2 Å². The lowest BCUT2D eigenvalue weighted by Gasteiger charge is -2.37. The standard InChI is InChI=1S/C34H24FNO4/c1-40-24-11-7-10-22(19-24)29-30(31(37)20-8-3-2-4-9-20)36-27-16-15-23(35)18-21(27)14-17-28(36)34(29)32(38)25-12-5-6-13-26(25)33(34)39/h2-19,28-30H,1H3/t28-,29+,30-/m1/s1. The van der Waals surface area contributed by atoms with E-state index in [1.807, 2.05) is 17.0 Å². The Labute approximate surface area is 230 Å². The van der Waals surface area contributed by atoms with E-state index in [-0.39, 0.29) is 17.3 Å². The number of nitrogens with zero attached hydrogens (tertiary/aromatic N) is 1.